The predicted octanol–water partition coefficient (Wildman–Crippen LogP) is 2.22. The number of hydrogen-bond acceptors (Lipinski definition) is 6. The molecule has 3 aromatic heterocycles. The Morgan fingerprint density at radius 3 is 2.61 bits per heavy atom. The first-order valence-electron chi connectivity index (χ1n) is 9.24. The molecule has 2 N–H and O–H groups in total. The van der Waals surface area contributed by atoms with Crippen molar-refractivity contribution in [2.75, 3.05) is 0 Å². The number of benzene rings is 1. The molecule has 0 radical (unpaired) electrons. The molecular weight excluding hydrogens is 376 g/mol. The van der Waals surface area contributed by atoms with Gasteiger partial charge in [0.15, 0.2) is 11.3 Å². The first-order chi connectivity index (χ1) is 13.4. The highest BCUT2D eigenvalue weighted by Gasteiger charge is 2.29. The Bertz CT molecular complexity index is 1290. The molecule has 5 rings (SSSR count). The van der Waals surface area contributed by atoms with Gasteiger partial charge in [0.2, 0.25) is 0 Å². The van der Waals surface area contributed by atoms with Gasteiger partial charge in [0.1, 0.15) is 5.82 Å². The summed E-state index contributed by atoms with van der Waals surface area (Å²) in [5.74, 6) is 1.04. The Kier molecular flexibility index (Phi) is 3.78. The average molecular weight is 396 g/mol. The first-order valence-corrected chi connectivity index (χ1v) is 10.7. The fourth-order valence-corrected chi connectivity index (χ4v) is 5.28. The maximum atomic E-state index is 13.1. The van der Waals surface area contributed by atoms with Gasteiger partial charge in [-0.1, -0.05) is 17.7 Å². The Hall–Kier alpha value is -2.78. The molecule has 1 aromatic carbocycles. The van der Waals surface area contributed by atoms with E-state index < -0.39 is 10.0 Å². The number of aryl methyl sites for hydroxylation is 1. The zero-order chi connectivity index (χ0) is 19.5. The van der Waals surface area contributed by atoms with Crippen molar-refractivity contribution in [3.05, 3.63) is 54.1 Å². The number of nitrogens with two attached hydrogens (primary N) is 1. The monoisotopic (exact) mass is 396 g/mol. The highest BCUT2D eigenvalue weighted by Crippen LogP contribution is 2.34. The van der Waals surface area contributed by atoms with E-state index in [9.17, 15) is 8.42 Å². The number of nitrogens with zero attached hydrogens (tertiary/aromatic N) is 5. The Morgan fingerprint density at radius 2 is 1.89 bits per heavy atom. The molecule has 1 fully saturated rings. The van der Waals surface area contributed by atoms with E-state index in [1.54, 1.807) is 36.5 Å². The van der Waals surface area contributed by atoms with Crippen LogP contribution in [0.3, 0.4) is 0 Å². The van der Waals surface area contributed by atoms with Crippen LogP contribution in [0.25, 0.3) is 16.8 Å². The molecule has 8 nitrogen and oxygen atoms in total. The van der Waals surface area contributed by atoms with Crippen molar-refractivity contribution in [2.45, 2.75) is 43.0 Å². The molecule has 3 heterocycles. The molecule has 2 atom stereocenters. The van der Waals surface area contributed by atoms with E-state index in [0.717, 1.165) is 30.7 Å². The van der Waals surface area contributed by atoms with Crippen molar-refractivity contribution in [2.24, 2.45) is 5.73 Å². The van der Waals surface area contributed by atoms with E-state index in [4.69, 9.17) is 5.73 Å². The van der Waals surface area contributed by atoms with Gasteiger partial charge in [0.25, 0.3) is 10.0 Å². The van der Waals surface area contributed by atoms with Crippen LogP contribution in [0.2, 0.25) is 0 Å². The Labute approximate surface area is 162 Å². The second kappa shape index (κ2) is 6.11. The largest absolute Gasteiger partial charge is 0.328 e. The van der Waals surface area contributed by atoms with Gasteiger partial charge in [0, 0.05) is 18.2 Å². The van der Waals surface area contributed by atoms with Gasteiger partial charge in [-0.25, -0.2) is 17.4 Å². The normalized spacial score (nSPS) is 20.4. The Balaban J connectivity index is 1.69. The van der Waals surface area contributed by atoms with Crippen molar-refractivity contribution >= 4 is 26.8 Å². The molecule has 0 bridgehead atoms. The molecule has 1 unspecified atom stereocenters. The number of rotatable bonds is 3. The molecule has 0 spiro atoms. The maximum Gasteiger partial charge on any atom is 0.269 e. The van der Waals surface area contributed by atoms with Crippen LogP contribution in [-0.2, 0) is 10.0 Å². The molecule has 4 aromatic rings. The zero-order valence-corrected chi connectivity index (χ0v) is 16.2. The fourth-order valence-electron chi connectivity index (χ4n) is 3.99. The second-order valence-electron chi connectivity index (χ2n) is 7.42. The molecule has 0 saturated heterocycles. The average Bonchev–Trinajstić information content (AvgIpc) is 3.38. The summed E-state index contributed by atoms with van der Waals surface area (Å²) in [4.78, 5) is 4.59. The lowest BCUT2D eigenvalue weighted by molar-refractivity contribution is 0.588. The maximum absolute atomic E-state index is 13.1. The summed E-state index contributed by atoms with van der Waals surface area (Å²) >= 11 is 0. The molecule has 9 heteroatoms. The van der Waals surface area contributed by atoms with Crippen molar-refractivity contribution in [3.63, 3.8) is 0 Å². The van der Waals surface area contributed by atoms with Crippen LogP contribution in [0.1, 0.15) is 36.6 Å². The molecule has 1 aliphatic carbocycles. The van der Waals surface area contributed by atoms with Crippen LogP contribution < -0.4 is 5.73 Å². The van der Waals surface area contributed by atoms with Gasteiger partial charge in [-0.2, -0.15) is 0 Å². The van der Waals surface area contributed by atoms with Gasteiger partial charge < -0.3 is 5.73 Å². The fraction of sp³-hybridized carbons (Fsp3) is 0.316. The highest BCUT2D eigenvalue weighted by molar-refractivity contribution is 7.90. The van der Waals surface area contributed by atoms with E-state index in [-0.39, 0.29) is 16.9 Å². The summed E-state index contributed by atoms with van der Waals surface area (Å²) in [6, 6.07) is 8.71. The third-order valence-electron chi connectivity index (χ3n) is 5.48. The van der Waals surface area contributed by atoms with Crippen LogP contribution in [0.15, 0.2) is 47.6 Å². The van der Waals surface area contributed by atoms with Crippen LogP contribution in [0.5, 0.6) is 0 Å². The van der Waals surface area contributed by atoms with Gasteiger partial charge in [0.05, 0.1) is 16.6 Å². The molecule has 144 valence electrons. The van der Waals surface area contributed by atoms with Gasteiger partial charge in [-0.15, -0.1) is 10.2 Å². The predicted molar refractivity (Wildman–Crippen MR) is 105 cm³/mol. The minimum Gasteiger partial charge on any atom is -0.328 e. The topological polar surface area (TPSA) is 108 Å². The summed E-state index contributed by atoms with van der Waals surface area (Å²) in [5, 5.41) is 8.59. The highest BCUT2D eigenvalue weighted by atomic mass is 32.2. The summed E-state index contributed by atoms with van der Waals surface area (Å²) in [6.07, 6.45) is 5.86. The van der Waals surface area contributed by atoms with E-state index in [1.165, 1.54) is 10.2 Å². The van der Waals surface area contributed by atoms with Crippen LogP contribution >= 0.6 is 0 Å². The third-order valence-corrected chi connectivity index (χ3v) is 7.16. The summed E-state index contributed by atoms with van der Waals surface area (Å²) < 4.78 is 29.4. The zero-order valence-electron chi connectivity index (χ0n) is 15.4. The Morgan fingerprint density at radius 1 is 1.11 bits per heavy atom. The standard InChI is InChI=1S/C19H20N6O2S/c1-12-2-6-15(7-3-12)28(26,27)24-9-8-16-19(24)21-11-17-22-23-18(25(16)17)13-4-5-14(20)10-13/h2-3,6-9,11,13-14H,4-5,10,20H2,1H3/t13-,14?/m1/s1. The van der Waals surface area contributed by atoms with Crippen LogP contribution in [-0.4, -0.2) is 38.0 Å². The van der Waals surface area contributed by atoms with E-state index in [0.29, 0.717) is 16.8 Å². The lowest BCUT2D eigenvalue weighted by Crippen LogP contribution is -2.15. The molecule has 0 amide bonds. The second-order valence-corrected chi connectivity index (χ2v) is 9.23. The van der Waals surface area contributed by atoms with Gasteiger partial charge >= 0.3 is 0 Å². The van der Waals surface area contributed by atoms with Crippen molar-refractivity contribution in [1.29, 1.82) is 0 Å². The number of fused-ring (bicyclic) bond motifs is 3. The molecular formula is C19H20N6O2S. The quantitative estimate of drug-likeness (QED) is 0.569. The summed E-state index contributed by atoms with van der Waals surface area (Å²) in [6.45, 7) is 1.92. The van der Waals surface area contributed by atoms with E-state index >= 15 is 0 Å². The van der Waals surface area contributed by atoms with Crippen LogP contribution in [0.4, 0.5) is 0 Å². The summed E-state index contributed by atoms with van der Waals surface area (Å²) in [5.41, 5.74) is 8.71. The number of hydrogen-bond donors (Lipinski definition) is 1. The number of aromatic nitrogens is 5. The molecule has 0 aliphatic heterocycles. The van der Waals surface area contributed by atoms with Crippen molar-refractivity contribution < 1.29 is 8.42 Å². The minimum absolute atomic E-state index is 0.168. The molecule has 1 saturated carbocycles. The van der Waals surface area contributed by atoms with Crippen molar-refractivity contribution in [3.8, 4) is 0 Å². The van der Waals surface area contributed by atoms with Gasteiger partial charge in [-0.3, -0.25) is 4.40 Å². The third kappa shape index (κ3) is 2.54. The van der Waals surface area contributed by atoms with Crippen molar-refractivity contribution in [1.82, 2.24) is 23.6 Å². The lowest BCUT2D eigenvalue weighted by atomic mass is 10.1. The molecule has 28 heavy (non-hydrogen) atoms. The first kappa shape index (κ1) is 17.3. The molecule has 1 aliphatic rings. The minimum atomic E-state index is -3.75. The SMILES string of the molecule is Cc1ccc(S(=O)(=O)n2ccc3c2ncc2nnc([C@@H]4CCC(N)C4)n23)cc1. The van der Waals surface area contributed by atoms with E-state index in [2.05, 4.69) is 15.2 Å². The summed E-state index contributed by atoms with van der Waals surface area (Å²) in [7, 11) is -3.75. The van der Waals surface area contributed by atoms with Gasteiger partial charge in [-0.05, 0) is 44.4 Å². The van der Waals surface area contributed by atoms with Crippen LogP contribution in [0, 0.1) is 6.92 Å². The lowest BCUT2D eigenvalue weighted by Gasteiger charge is -2.10. The smallest absolute Gasteiger partial charge is 0.269 e. The van der Waals surface area contributed by atoms with E-state index in [1.807, 2.05) is 11.3 Å².